The zero-order valence-corrected chi connectivity index (χ0v) is 25.4. The normalized spacial score (nSPS) is 19.2. The van der Waals surface area contributed by atoms with E-state index in [0.717, 1.165) is 28.3 Å². The summed E-state index contributed by atoms with van der Waals surface area (Å²) in [6.45, 7) is 4.37. The molecule has 0 spiro atoms. The van der Waals surface area contributed by atoms with Crippen molar-refractivity contribution in [2.24, 2.45) is 4.99 Å². The van der Waals surface area contributed by atoms with Gasteiger partial charge in [-0.15, -0.1) is 0 Å². The summed E-state index contributed by atoms with van der Waals surface area (Å²) in [4.78, 5) is 4.55. The summed E-state index contributed by atoms with van der Waals surface area (Å²) in [5.41, 5.74) is 0.345. The highest BCUT2D eigenvalue weighted by Gasteiger charge is 2.57. The topological polar surface area (TPSA) is 42.8 Å². The molecule has 4 aromatic carbocycles. The van der Waals surface area contributed by atoms with Crippen molar-refractivity contribution in [2.75, 3.05) is 13.7 Å². The maximum absolute atomic E-state index is 16.2. The molecule has 1 N–H and O–H groups in total. The number of aliphatic imine (C=N–C) groups is 1. The molecule has 0 bridgehead atoms. The molecule has 8 heteroatoms. The fourth-order valence-corrected chi connectivity index (χ4v) is 5.65. The first-order valence-corrected chi connectivity index (χ1v) is 14.4. The summed E-state index contributed by atoms with van der Waals surface area (Å²) in [5.74, 6) is -3.49. The zero-order valence-electron chi connectivity index (χ0n) is 23.8. The highest BCUT2D eigenvalue weighted by Crippen LogP contribution is 2.47. The molecule has 2 unspecified atom stereocenters. The Morgan fingerprint density at radius 1 is 0.905 bits per heavy atom. The molecule has 0 amide bonds. The first-order chi connectivity index (χ1) is 20.0. The second-order valence-electron chi connectivity index (χ2n) is 10.9. The molecule has 4 nitrogen and oxygen atoms in total. The van der Waals surface area contributed by atoms with E-state index in [-0.39, 0.29) is 18.0 Å². The van der Waals surface area contributed by atoms with E-state index in [4.69, 9.17) is 9.47 Å². The summed E-state index contributed by atoms with van der Waals surface area (Å²) in [6, 6.07) is 27.4. The average molecular weight is 638 g/mol. The Morgan fingerprint density at radius 3 is 2.12 bits per heavy atom. The number of ether oxygens (including phenoxy) is 2. The molecule has 1 aliphatic heterocycles. The molecule has 0 saturated heterocycles. The van der Waals surface area contributed by atoms with Crippen molar-refractivity contribution < 1.29 is 22.6 Å². The Balaban J connectivity index is 1.76. The Morgan fingerprint density at radius 2 is 1.50 bits per heavy atom. The van der Waals surface area contributed by atoms with Gasteiger partial charge in [-0.25, -0.2) is 13.2 Å². The summed E-state index contributed by atoms with van der Waals surface area (Å²) < 4.78 is 59.2. The van der Waals surface area contributed by atoms with Crippen LogP contribution < -0.4 is 10.1 Å². The van der Waals surface area contributed by atoms with Gasteiger partial charge in [-0.05, 0) is 67.8 Å². The third-order valence-corrected chi connectivity index (χ3v) is 8.29. The second-order valence-corrected chi connectivity index (χ2v) is 11.8. The van der Waals surface area contributed by atoms with Crippen LogP contribution in [0.25, 0.3) is 0 Å². The van der Waals surface area contributed by atoms with Crippen molar-refractivity contribution in [1.82, 2.24) is 5.32 Å². The number of halogens is 4. The lowest BCUT2D eigenvalue weighted by Gasteiger charge is -2.38. The molecular formula is C34H32BrF3N2O2. The summed E-state index contributed by atoms with van der Waals surface area (Å²) in [7, 11) is 1.60. The molecule has 2 atom stereocenters. The van der Waals surface area contributed by atoms with Gasteiger partial charge in [0.1, 0.15) is 41.2 Å². The van der Waals surface area contributed by atoms with Crippen molar-refractivity contribution >= 4 is 21.8 Å². The predicted molar refractivity (Wildman–Crippen MR) is 163 cm³/mol. The van der Waals surface area contributed by atoms with E-state index in [2.05, 4.69) is 26.2 Å². The summed E-state index contributed by atoms with van der Waals surface area (Å²) in [5, 5.41) is 3.54. The van der Waals surface area contributed by atoms with Crippen molar-refractivity contribution in [2.45, 2.75) is 43.9 Å². The number of hydrogen-bond donors (Lipinski definition) is 1. The molecule has 0 saturated carbocycles. The number of alkyl halides is 2. The fourth-order valence-electron chi connectivity index (χ4n) is 5.27. The number of hydrogen-bond acceptors (Lipinski definition) is 4. The Bertz CT molecular complexity index is 1580. The van der Waals surface area contributed by atoms with Crippen LogP contribution >= 0.6 is 15.9 Å². The van der Waals surface area contributed by atoms with Gasteiger partial charge in [-0.3, -0.25) is 4.99 Å². The van der Waals surface area contributed by atoms with Gasteiger partial charge in [-0.2, -0.15) is 0 Å². The minimum absolute atomic E-state index is 0.157. The third kappa shape index (κ3) is 5.45. The molecule has 5 rings (SSSR count). The smallest absolute Gasteiger partial charge is 0.301 e. The average Bonchev–Trinajstić information content (AvgIpc) is 3.07. The number of benzene rings is 4. The van der Waals surface area contributed by atoms with Crippen LogP contribution in [0.3, 0.4) is 0 Å². The van der Waals surface area contributed by atoms with E-state index < -0.39 is 28.9 Å². The van der Waals surface area contributed by atoms with Gasteiger partial charge in [0, 0.05) is 10.0 Å². The standard InChI is InChI=1S/C34H32BrF3N2O2/c1-22-10-12-24(13-11-22)33(23-8-6-5-7-9-23,25-14-17-27(41-4)18-15-25)40-30-21-42-32(2,3)34(37,38)31(39-30)28-20-26(35)16-19-29(28)36/h5-20,31H,21H2,1-4H3,(H,39,40). The van der Waals surface area contributed by atoms with Crippen molar-refractivity contribution in [1.29, 1.82) is 0 Å². The number of aryl methyl sites for hydroxylation is 1. The molecular weight excluding hydrogens is 605 g/mol. The monoisotopic (exact) mass is 636 g/mol. The summed E-state index contributed by atoms with van der Waals surface area (Å²) >= 11 is 3.30. The van der Waals surface area contributed by atoms with Crippen LogP contribution in [0.2, 0.25) is 0 Å². The van der Waals surface area contributed by atoms with E-state index in [1.807, 2.05) is 85.8 Å². The molecule has 0 radical (unpaired) electrons. The highest BCUT2D eigenvalue weighted by atomic mass is 79.9. The molecule has 0 aromatic heterocycles. The molecule has 0 fully saturated rings. The molecule has 1 aliphatic rings. The van der Waals surface area contributed by atoms with E-state index in [9.17, 15) is 0 Å². The van der Waals surface area contributed by atoms with Gasteiger partial charge in [-0.1, -0.05) is 88.2 Å². The van der Waals surface area contributed by atoms with E-state index in [1.54, 1.807) is 7.11 Å². The Labute approximate surface area is 252 Å². The van der Waals surface area contributed by atoms with Gasteiger partial charge >= 0.3 is 5.92 Å². The van der Waals surface area contributed by atoms with Crippen LogP contribution in [0.5, 0.6) is 5.75 Å². The van der Waals surface area contributed by atoms with E-state index in [1.165, 1.54) is 26.0 Å². The Kier molecular flexibility index (Phi) is 8.23. The van der Waals surface area contributed by atoms with Gasteiger partial charge < -0.3 is 14.8 Å². The number of nitrogens with one attached hydrogen (secondary N) is 1. The minimum Gasteiger partial charge on any atom is -0.497 e. The minimum atomic E-state index is -3.54. The fraction of sp³-hybridized carbons (Fsp3) is 0.265. The van der Waals surface area contributed by atoms with Gasteiger partial charge in [0.05, 0.1) is 7.11 Å². The number of rotatable bonds is 6. The molecule has 218 valence electrons. The predicted octanol–water partition coefficient (Wildman–Crippen LogP) is 8.37. The van der Waals surface area contributed by atoms with Crippen molar-refractivity contribution in [3.63, 3.8) is 0 Å². The first kappa shape index (κ1) is 29.9. The van der Waals surface area contributed by atoms with Crippen LogP contribution in [0.1, 0.15) is 47.7 Å². The molecule has 0 aliphatic carbocycles. The van der Waals surface area contributed by atoms with Crippen LogP contribution in [0.4, 0.5) is 13.2 Å². The van der Waals surface area contributed by atoms with Crippen molar-refractivity contribution in [3.05, 3.63) is 135 Å². The maximum atomic E-state index is 16.2. The largest absolute Gasteiger partial charge is 0.497 e. The molecule has 42 heavy (non-hydrogen) atoms. The maximum Gasteiger partial charge on any atom is 0.301 e. The number of amidine groups is 1. The van der Waals surface area contributed by atoms with Gasteiger partial charge in [0.2, 0.25) is 0 Å². The van der Waals surface area contributed by atoms with Gasteiger partial charge in [0.15, 0.2) is 0 Å². The van der Waals surface area contributed by atoms with E-state index >= 15 is 13.2 Å². The van der Waals surface area contributed by atoms with Crippen molar-refractivity contribution in [3.8, 4) is 5.75 Å². The lowest BCUT2D eigenvalue weighted by molar-refractivity contribution is -0.192. The second kappa shape index (κ2) is 11.6. The highest BCUT2D eigenvalue weighted by molar-refractivity contribution is 9.10. The lowest BCUT2D eigenvalue weighted by Crippen LogP contribution is -2.50. The molecule has 4 aromatic rings. The van der Waals surface area contributed by atoms with Crippen LogP contribution in [0, 0.1) is 12.7 Å². The quantitative estimate of drug-likeness (QED) is 0.216. The first-order valence-electron chi connectivity index (χ1n) is 13.6. The summed E-state index contributed by atoms with van der Waals surface area (Å²) in [6.07, 6.45) is 0. The van der Waals surface area contributed by atoms with Crippen LogP contribution in [0.15, 0.2) is 107 Å². The zero-order chi connectivity index (χ0) is 30.1. The van der Waals surface area contributed by atoms with Crippen LogP contribution in [-0.4, -0.2) is 31.1 Å². The Hall–Kier alpha value is -3.62. The number of methoxy groups -OCH3 is 1. The van der Waals surface area contributed by atoms with E-state index in [0.29, 0.717) is 10.2 Å². The number of nitrogens with zero attached hydrogens (tertiary/aromatic N) is 1. The SMILES string of the molecule is COc1ccc(C(NC2=NC(c3cc(Br)ccc3F)C(F)(F)C(C)(C)OC2)(c2ccccc2)c2ccc(C)cc2)cc1. The third-order valence-electron chi connectivity index (χ3n) is 7.80. The van der Waals surface area contributed by atoms with Crippen LogP contribution in [-0.2, 0) is 10.3 Å². The lowest BCUT2D eigenvalue weighted by atomic mass is 9.76. The van der Waals surface area contributed by atoms with Gasteiger partial charge in [0.25, 0.3) is 0 Å². The molecule has 1 heterocycles.